The first-order valence-electron chi connectivity index (χ1n) is 6.86. The van der Waals surface area contributed by atoms with Crippen LogP contribution in [0.3, 0.4) is 0 Å². The van der Waals surface area contributed by atoms with Crippen molar-refractivity contribution in [3.8, 4) is 11.1 Å². The second-order valence-corrected chi connectivity index (χ2v) is 6.69. The lowest BCUT2D eigenvalue weighted by atomic mass is 10.1. The highest BCUT2D eigenvalue weighted by molar-refractivity contribution is 7.99. The number of aromatic nitrogens is 5. The minimum Gasteiger partial charge on any atom is -0.336 e. The number of nitrogen functional groups attached to an aromatic ring is 1. The fourth-order valence-corrected chi connectivity index (χ4v) is 4.14. The van der Waals surface area contributed by atoms with E-state index in [1.165, 1.54) is 16.4 Å². The molecule has 4 aromatic rings. The maximum absolute atomic E-state index is 5.95. The molecule has 2 N–H and O–H groups in total. The summed E-state index contributed by atoms with van der Waals surface area (Å²) in [4.78, 5) is 9.76. The van der Waals surface area contributed by atoms with Crippen LogP contribution in [0.5, 0.6) is 0 Å². The average Bonchev–Trinajstić information content (AvgIpc) is 3.15. The van der Waals surface area contributed by atoms with Crippen molar-refractivity contribution < 1.29 is 0 Å². The van der Waals surface area contributed by atoms with Crippen LogP contribution in [0.2, 0.25) is 0 Å². The highest BCUT2D eigenvalue weighted by Gasteiger charge is 2.16. The van der Waals surface area contributed by atoms with E-state index in [1.807, 2.05) is 25.1 Å². The molecule has 3 aromatic heterocycles. The third-order valence-corrected chi connectivity index (χ3v) is 5.29. The van der Waals surface area contributed by atoms with Gasteiger partial charge < -0.3 is 5.84 Å². The number of hydrogen-bond donors (Lipinski definition) is 1. The lowest BCUT2D eigenvalue weighted by molar-refractivity contribution is 0.824. The van der Waals surface area contributed by atoms with Gasteiger partial charge in [-0.3, -0.25) is 0 Å². The monoisotopic (exact) mass is 340 g/mol. The van der Waals surface area contributed by atoms with Crippen molar-refractivity contribution in [1.29, 1.82) is 0 Å². The number of thiophene rings is 1. The van der Waals surface area contributed by atoms with Gasteiger partial charge in [-0.2, -0.15) is 0 Å². The largest absolute Gasteiger partial charge is 0.336 e. The number of fused-ring (bicyclic) bond motifs is 1. The number of benzene rings is 1. The topological polar surface area (TPSA) is 82.5 Å². The van der Waals surface area contributed by atoms with Gasteiger partial charge in [0, 0.05) is 10.9 Å². The number of rotatable bonds is 3. The first-order valence-corrected chi connectivity index (χ1v) is 8.56. The predicted octanol–water partition coefficient (Wildman–Crippen LogP) is 3.12. The van der Waals surface area contributed by atoms with E-state index in [4.69, 9.17) is 5.84 Å². The Morgan fingerprint density at radius 1 is 1.13 bits per heavy atom. The molecule has 0 aliphatic rings. The van der Waals surface area contributed by atoms with Crippen molar-refractivity contribution in [2.45, 2.75) is 17.1 Å². The predicted molar refractivity (Wildman–Crippen MR) is 91.9 cm³/mol. The molecule has 0 spiro atoms. The molecule has 0 atom stereocenters. The molecule has 0 radical (unpaired) electrons. The van der Waals surface area contributed by atoms with Gasteiger partial charge in [0.2, 0.25) is 5.16 Å². The van der Waals surface area contributed by atoms with E-state index in [2.05, 4.69) is 37.7 Å². The third-order valence-electron chi connectivity index (χ3n) is 3.44. The average molecular weight is 340 g/mol. The van der Waals surface area contributed by atoms with Crippen LogP contribution < -0.4 is 5.84 Å². The smallest absolute Gasteiger partial charge is 0.216 e. The highest BCUT2D eigenvalue weighted by Crippen LogP contribution is 2.39. The zero-order valence-corrected chi connectivity index (χ0v) is 13.8. The minimum absolute atomic E-state index is 0.604. The van der Waals surface area contributed by atoms with Crippen LogP contribution in [0.15, 0.2) is 52.2 Å². The van der Waals surface area contributed by atoms with Gasteiger partial charge in [-0.05, 0) is 24.2 Å². The summed E-state index contributed by atoms with van der Waals surface area (Å²) >= 11 is 3.00. The molecule has 3 heterocycles. The summed E-state index contributed by atoms with van der Waals surface area (Å²) in [5.41, 5.74) is 2.26. The Bertz CT molecular complexity index is 976. The molecule has 0 fully saturated rings. The number of aryl methyl sites for hydroxylation is 1. The normalized spacial score (nSPS) is 11.2. The van der Waals surface area contributed by atoms with Crippen LogP contribution >= 0.6 is 23.1 Å². The van der Waals surface area contributed by atoms with E-state index in [-0.39, 0.29) is 0 Å². The maximum Gasteiger partial charge on any atom is 0.216 e. The van der Waals surface area contributed by atoms with Crippen LogP contribution in [0.4, 0.5) is 0 Å². The standard InChI is InChI=1S/C15H12N6S2/c1-9-19-20-15(21(9)16)23-14-12-11(10-5-3-2-4-6-10)7-22-13(12)17-8-18-14/h2-8H,16H2,1H3. The summed E-state index contributed by atoms with van der Waals surface area (Å²) in [5.74, 6) is 6.61. The fraction of sp³-hybridized carbons (Fsp3) is 0.0667. The summed E-state index contributed by atoms with van der Waals surface area (Å²) in [6, 6.07) is 10.2. The second-order valence-electron chi connectivity index (χ2n) is 4.88. The molecule has 8 heteroatoms. The first-order chi connectivity index (χ1) is 11.2. The van der Waals surface area contributed by atoms with Crippen LogP contribution in [-0.2, 0) is 0 Å². The van der Waals surface area contributed by atoms with E-state index in [0.717, 1.165) is 26.4 Å². The molecule has 6 nitrogen and oxygen atoms in total. The van der Waals surface area contributed by atoms with E-state index in [1.54, 1.807) is 17.7 Å². The Kier molecular flexibility index (Phi) is 3.47. The Hall–Kier alpha value is -2.45. The molecule has 23 heavy (non-hydrogen) atoms. The molecule has 0 bridgehead atoms. The molecule has 0 saturated carbocycles. The minimum atomic E-state index is 0.604. The number of nitrogens with two attached hydrogens (primary N) is 1. The lowest BCUT2D eigenvalue weighted by Gasteiger charge is -2.05. The quantitative estimate of drug-likeness (QED) is 0.456. The van der Waals surface area contributed by atoms with Gasteiger partial charge in [0.15, 0.2) is 0 Å². The van der Waals surface area contributed by atoms with E-state index >= 15 is 0 Å². The van der Waals surface area contributed by atoms with Crippen LogP contribution in [0.25, 0.3) is 21.3 Å². The van der Waals surface area contributed by atoms with Crippen LogP contribution in [0, 0.1) is 6.92 Å². The Balaban J connectivity index is 1.87. The van der Waals surface area contributed by atoms with Crippen LogP contribution in [0.1, 0.15) is 5.82 Å². The van der Waals surface area contributed by atoms with Crippen molar-refractivity contribution in [2.24, 2.45) is 0 Å². The molecule has 0 amide bonds. The summed E-state index contributed by atoms with van der Waals surface area (Å²) in [6.45, 7) is 1.81. The molecule has 0 aliphatic carbocycles. The van der Waals surface area contributed by atoms with Crippen molar-refractivity contribution >= 4 is 33.3 Å². The third kappa shape index (κ3) is 2.45. The van der Waals surface area contributed by atoms with Crippen molar-refractivity contribution in [3.63, 3.8) is 0 Å². The van der Waals surface area contributed by atoms with Gasteiger partial charge in [0.05, 0.1) is 5.39 Å². The molecular weight excluding hydrogens is 328 g/mol. The van der Waals surface area contributed by atoms with Gasteiger partial charge >= 0.3 is 0 Å². The molecular formula is C15H12N6S2. The van der Waals surface area contributed by atoms with Gasteiger partial charge in [-0.15, -0.1) is 21.5 Å². The summed E-state index contributed by atoms with van der Waals surface area (Å²) in [5, 5.41) is 12.6. The van der Waals surface area contributed by atoms with Gasteiger partial charge in [-0.25, -0.2) is 14.6 Å². The zero-order valence-electron chi connectivity index (χ0n) is 12.2. The van der Waals surface area contributed by atoms with Crippen LogP contribution in [-0.4, -0.2) is 24.8 Å². The molecule has 114 valence electrons. The molecule has 0 aliphatic heterocycles. The molecule has 4 rings (SSSR count). The molecule has 1 aromatic carbocycles. The molecule has 0 unspecified atom stereocenters. The molecule has 0 saturated heterocycles. The Labute approximate surface area is 140 Å². The van der Waals surface area contributed by atoms with Gasteiger partial charge in [0.1, 0.15) is 22.0 Å². The highest BCUT2D eigenvalue weighted by atomic mass is 32.2. The van der Waals surface area contributed by atoms with E-state index < -0.39 is 0 Å². The number of hydrogen-bond acceptors (Lipinski definition) is 7. The van der Waals surface area contributed by atoms with Gasteiger partial charge in [0.25, 0.3) is 0 Å². The number of nitrogens with zero attached hydrogens (tertiary/aromatic N) is 5. The summed E-state index contributed by atoms with van der Waals surface area (Å²) < 4.78 is 1.47. The maximum atomic E-state index is 5.95. The van der Waals surface area contributed by atoms with Crippen molar-refractivity contribution in [1.82, 2.24) is 24.8 Å². The Morgan fingerprint density at radius 3 is 2.70 bits per heavy atom. The first kappa shape index (κ1) is 14.2. The SMILES string of the molecule is Cc1nnc(Sc2ncnc3scc(-c4ccccc4)c23)n1N. The lowest BCUT2D eigenvalue weighted by Crippen LogP contribution is -2.11. The summed E-state index contributed by atoms with van der Waals surface area (Å²) in [7, 11) is 0. The second kappa shape index (κ2) is 5.64. The summed E-state index contributed by atoms with van der Waals surface area (Å²) in [6.07, 6.45) is 1.57. The fourth-order valence-electron chi connectivity index (χ4n) is 2.26. The zero-order chi connectivity index (χ0) is 15.8. The van der Waals surface area contributed by atoms with E-state index in [9.17, 15) is 0 Å². The Morgan fingerprint density at radius 2 is 1.96 bits per heavy atom. The van der Waals surface area contributed by atoms with Gasteiger partial charge in [-0.1, -0.05) is 30.3 Å². The van der Waals surface area contributed by atoms with Crippen molar-refractivity contribution in [2.75, 3.05) is 5.84 Å². The van der Waals surface area contributed by atoms with Crippen molar-refractivity contribution in [3.05, 3.63) is 47.9 Å². The van der Waals surface area contributed by atoms with E-state index in [0.29, 0.717) is 11.0 Å².